The molecule has 1 fully saturated rings. The number of nitrogens with zero attached hydrogens (tertiary/aromatic N) is 2. The summed E-state index contributed by atoms with van der Waals surface area (Å²) in [7, 11) is 0. The fraction of sp³-hybridized carbons (Fsp3) is 0.250. The quantitative estimate of drug-likeness (QED) is 0.612. The summed E-state index contributed by atoms with van der Waals surface area (Å²) in [5, 5.41) is 5.38. The first-order chi connectivity index (χ1) is 9.11. The molecule has 0 unspecified atom stereocenters. The Bertz CT molecular complexity index is 533. The van der Waals surface area contributed by atoms with Gasteiger partial charge in [-0.1, -0.05) is 39.9 Å². The van der Waals surface area contributed by atoms with Crippen LogP contribution in [0.25, 0.3) is 0 Å². The van der Waals surface area contributed by atoms with Crippen molar-refractivity contribution in [3.05, 3.63) is 28.2 Å². The molecule has 0 N–H and O–H groups in total. The molecular weight excluding hydrogens is 348 g/mol. The van der Waals surface area contributed by atoms with Crippen LogP contribution in [0.2, 0.25) is 0 Å². The van der Waals surface area contributed by atoms with E-state index < -0.39 is 0 Å². The molecule has 0 aliphatic carbocycles. The van der Waals surface area contributed by atoms with Gasteiger partial charge in [0.15, 0.2) is 4.32 Å². The van der Waals surface area contributed by atoms with E-state index >= 15 is 0 Å². The zero-order chi connectivity index (χ0) is 13.8. The number of ether oxygens (including phenoxy) is 1. The lowest BCUT2D eigenvalue weighted by molar-refractivity contribution is -0.123. The number of hydrogen-bond donors (Lipinski definition) is 0. The van der Waals surface area contributed by atoms with Crippen LogP contribution in [0.5, 0.6) is 5.75 Å². The lowest BCUT2D eigenvalue weighted by atomic mass is 10.2. The average Bonchev–Trinajstić information content (AvgIpc) is 2.70. The average molecular weight is 359 g/mol. The smallest absolute Gasteiger partial charge is 0.259 e. The molecular formula is C12H11BrN2O2S2. The Balaban J connectivity index is 2.24. The summed E-state index contributed by atoms with van der Waals surface area (Å²) < 4.78 is 6.91. The van der Waals surface area contributed by atoms with E-state index in [1.165, 1.54) is 16.8 Å². The molecule has 1 aliphatic rings. The number of carbonyl (C=O) groups is 1. The summed E-state index contributed by atoms with van der Waals surface area (Å²) in [6, 6.07) is 5.63. The Morgan fingerprint density at radius 2 is 2.42 bits per heavy atom. The molecule has 0 aromatic heterocycles. The maximum atomic E-state index is 11.5. The fourth-order valence-corrected chi connectivity index (χ4v) is 2.83. The number of hydrogen-bond acceptors (Lipinski definition) is 5. The van der Waals surface area contributed by atoms with Gasteiger partial charge in [0, 0.05) is 10.0 Å². The Morgan fingerprint density at radius 3 is 3.05 bits per heavy atom. The molecule has 0 spiro atoms. The van der Waals surface area contributed by atoms with Gasteiger partial charge in [-0.2, -0.15) is 10.1 Å². The second-order valence-electron chi connectivity index (χ2n) is 3.62. The minimum atomic E-state index is -0.0980. The largest absolute Gasteiger partial charge is 0.493 e. The van der Waals surface area contributed by atoms with E-state index in [9.17, 15) is 4.79 Å². The molecule has 1 aromatic rings. The van der Waals surface area contributed by atoms with Crippen LogP contribution >= 0.6 is 39.9 Å². The third kappa shape index (κ3) is 3.55. The number of benzene rings is 1. The lowest BCUT2D eigenvalue weighted by Crippen LogP contribution is -2.22. The zero-order valence-electron chi connectivity index (χ0n) is 10.1. The first-order valence-electron chi connectivity index (χ1n) is 5.58. The van der Waals surface area contributed by atoms with Crippen LogP contribution in [0, 0.1) is 0 Å². The minimum Gasteiger partial charge on any atom is -0.493 e. The Kier molecular flexibility index (Phi) is 4.95. The summed E-state index contributed by atoms with van der Waals surface area (Å²) in [6.45, 7) is 2.48. The van der Waals surface area contributed by atoms with E-state index in [0.29, 0.717) is 16.7 Å². The molecule has 1 amide bonds. The van der Waals surface area contributed by atoms with Gasteiger partial charge in [0.1, 0.15) is 5.75 Å². The first kappa shape index (κ1) is 14.5. The Labute approximate surface area is 129 Å². The van der Waals surface area contributed by atoms with Crippen LogP contribution in [-0.4, -0.2) is 33.8 Å². The van der Waals surface area contributed by atoms with Crippen LogP contribution in [0.3, 0.4) is 0 Å². The Morgan fingerprint density at radius 1 is 1.63 bits per heavy atom. The number of rotatable bonds is 4. The van der Waals surface area contributed by atoms with Crippen LogP contribution in [0.1, 0.15) is 12.5 Å². The predicted octanol–water partition coefficient (Wildman–Crippen LogP) is 3.04. The van der Waals surface area contributed by atoms with E-state index in [4.69, 9.17) is 17.0 Å². The van der Waals surface area contributed by atoms with Crippen molar-refractivity contribution in [2.45, 2.75) is 6.92 Å². The van der Waals surface area contributed by atoms with Crippen LogP contribution in [0.15, 0.2) is 27.8 Å². The maximum absolute atomic E-state index is 11.5. The summed E-state index contributed by atoms with van der Waals surface area (Å²) in [4.78, 5) is 11.5. The maximum Gasteiger partial charge on any atom is 0.259 e. The number of thioether (sulfide) groups is 1. The van der Waals surface area contributed by atoms with Crippen molar-refractivity contribution in [2.75, 3.05) is 12.4 Å². The monoisotopic (exact) mass is 358 g/mol. The van der Waals surface area contributed by atoms with Gasteiger partial charge in [-0.3, -0.25) is 4.79 Å². The third-order valence-electron chi connectivity index (χ3n) is 2.31. The van der Waals surface area contributed by atoms with E-state index in [-0.39, 0.29) is 5.91 Å². The second-order valence-corrected chi connectivity index (χ2v) is 6.14. The van der Waals surface area contributed by atoms with Gasteiger partial charge in [0.2, 0.25) is 0 Å². The van der Waals surface area contributed by atoms with Gasteiger partial charge in [0.05, 0.1) is 18.6 Å². The molecule has 7 heteroatoms. The molecule has 0 bridgehead atoms. The highest BCUT2D eigenvalue weighted by Gasteiger charge is 2.26. The molecule has 19 heavy (non-hydrogen) atoms. The summed E-state index contributed by atoms with van der Waals surface area (Å²) in [5.74, 6) is 0.978. The van der Waals surface area contributed by atoms with Crippen molar-refractivity contribution in [1.29, 1.82) is 0 Å². The standard InChI is InChI=1S/C12H11BrN2O2S2/c1-2-17-10-4-3-9(13)5-8(10)6-14-15-11(16)7-19-12(15)18/h3-6H,2,7H2,1H3. The molecule has 0 saturated carbocycles. The SMILES string of the molecule is CCOc1ccc(Br)cc1C=NN1C(=O)CSC1=S. The molecule has 1 aromatic carbocycles. The van der Waals surface area contributed by atoms with Gasteiger partial charge < -0.3 is 4.74 Å². The normalized spacial score (nSPS) is 15.6. The van der Waals surface area contributed by atoms with Crippen molar-refractivity contribution in [3.63, 3.8) is 0 Å². The lowest BCUT2D eigenvalue weighted by Gasteiger charge is -2.09. The van der Waals surface area contributed by atoms with Crippen molar-refractivity contribution in [2.24, 2.45) is 5.10 Å². The second kappa shape index (κ2) is 6.49. The minimum absolute atomic E-state index is 0.0980. The zero-order valence-corrected chi connectivity index (χ0v) is 13.3. The van der Waals surface area contributed by atoms with E-state index in [1.54, 1.807) is 6.21 Å². The molecule has 1 heterocycles. The van der Waals surface area contributed by atoms with E-state index in [2.05, 4.69) is 21.0 Å². The highest BCUT2D eigenvalue weighted by atomic mass is 79.9. The molecule has 100 valence electrons. The molecule has 2 rings (SSSR count). The number of hydrazone groups is 1. The molecule has 1 saturated heterocycles. The summed E-state index contributed by atoms with van der Waals surface area (Å²) in [5.41, 5.74) is 0.795. The van der Waals surface area contributed by atoms with Crippen molar-refractivity contribution in [3.8, 4) is 5.75 Å². The van der Waals surface area contributed by atoms with Crippen LogP contribution < -0.4 is 4.74 Å². The van der Waals surface area contributed by atoms with Gasteiger partial charge in [-0.15, -0.1) is 0 Å². The fourth-order valence-electron chi connectivity index (χ4n) is 1.49. The van der Waals surface area contributed by atoms with Gasteiger partial charge >= 0.3 is 0 Å². The number of amides is 1. The van der Waals surface area contributed by atoms with Crippen LogP contribution in [0.4, 0.5) is 0 Å². The highest BCUT2D eigenvalue weighted by molar-refractivity contribution is 9.10. The van der Waals surface area contributed by atoms with Crippen molar-refractivity contribution in [1.82, 2.24) is 5.01 Å². The topological polar surface area (TPSA) is 41.9 Å². The van der Waals surface area contributed by atoms with Crippen molar-refractivity contribution >= 4 is 56.4 Å². The Hall–Kier alpha value is -0.920. The van der Waals surface area contributed by atoms with Gasteiger partial charge in [0.25, 0.3) is 5.91 Å². The van der Waals surface area contributed by atoms with Crippen LogP contribution in [-0.2, 0) is 4.79 Å². The van der Waals surface area contributed by atoms with E-state index in [1.807, 2.05) is 25.1 Å². The number of carbonyl (C=O) groups excluding carboxylic acids is 1. The summed E-state index contributed by atoms with van der Waals surface area (Å²) >= 11 is 9.77. The van der Waals surface area contributed by atoms with E-state index in [0.717, 1.165) is 15.8 Å². The van der Waals surface area contributed by atoms with Gasteiger partial charge in [-0.25, -0.2) is 0 Å². The summed E-state index contributed by atoms with van der Waals surface area (Å²) in [6.07, 6.45) is 1.59. The molecule has 4 nitrogen and oxygen atoms in total. The first-order valence-corrected chi connectivity index (χ1v) is 7.76. The predicted molar refractivity (Wildman–Crippen MR) is 84.8 cm³/mol. The van der Waals surface area contributed by atoms with Crippen molar-refractivity contribution < 1.29 is 9.53 Å². The molecule has 1 aliphatic heterocycles. The molecule has 0 atom stereocenters. The molecule has 0 radical (unpaired) electrons. The number of thiocarbonyl (C=S) groups is 1. The number of halogens is 1. The highest BCUT2D eigenvalue weighted by Crippen LogP contribution is 2.23. The third-order valence-corrected chi connectivity index (χ3v) is 4.14. The van der Waals surface area contributed by atoms with Gasteiger partial charge in [-0.05, 0) is 25.1 Å².